The normalized spacial score (nSPS) is 11.0. The molecule has 1 aromatic heterocycles. The van der Waals surface area contributed by atoms with E-state index in [4.69, 9.17) is 0 Å². The number of benzene rings is 1. The highest BCUT2D eigenvalue weighted by atomic mass is 32.1. The van der Waals surface area contributed by atoms with Gasteiger partial charge in [-0.15, -0.1) is 11.3 Å². The first-order valence-electron chi connectivity index (χ1n) is 8.15. The van der Waals surface area contributed by atoms with E-state index in [0.717, 1.165) is 22.4 Å². The van der Waals surface area contributed by atoms with E-state index in [1.165, 1.54) is 24.3 Å². The highest BCUT2D eigenvalue weighted by Crippen LogP contribution is 2.22. The molecule has 26 heavy (non-hydrogen) atoms. The van der Waals surface area contributed by atoms with Gasteiger partial charge in [-0.2, -0.15) is 0 Å². The van der Waals surface area contributed by atoms with E-state index in [9.17, 15) is 14.4 Å². The van der Waals surface area contributed by atoms with Gasteiger partial charge in [-0.05, 0) is 36.6 Å². The molecule has 136 valence electrons. The van der Waals surface area contributed by atoms with Crippen molar-refractivity contribution in [2.24, 2.45) is 0 Å². The number of thiophene rings is 1. The Labute approximate surface area is 156 Å². The fourth-order valence-electron chi connectivity index (χ4n) is 2.29. The number of hydrogen-bond donors (Lipinski definition) is 3. The molecule has 0 spiro atoms. The molecular formula is C19H21N3O3S. The number of amides is 3. The number of aryl methyl sites for hydroxylation is 2. The van der Waals surface area contributed by atoms with E-state index in [2.05, 4.69) is 16.2 Å². The summed E-state index contributed by atoms with van der Waals surface area (Å²) < 4.78 is 0. The van der Waals surface area contributed by atoms with Gasteiger partial charge in [0.05, 0.1) is 4.88 Å². The van der Waals surface area contributed by atoms with Crippen LogP contribution in [0.15, 0.2) is 42.1 Å². The molecule has 0 aliphatic heterocycles. The van der Waals surface area contributed by atoms with Crippen LogP contribution in [0.1, 0.15) is 39.5 Å². The molecule has 1 aromatic carbocycles. The first kappa shape index (κ1) is 19.4. The Balaban J connectivity index is 2.07. The average molecular weight is 371 g/mol. The van der Waals surface area contributed by atoms with E-state index >= 15 is 0 Å². The summed E-state index contributed by atoms with van der Waals surface area (Å²) >= 11 is 1.39. The fourth-order valence-corrected chi connectivity index (χ4v) is 3.30. The van der Waals surface area contributed by atoms with E-state index < -0.39 is 11.8 Å². The van der Waals surface area contributed by atoms with E-state index in [1.54, 1.807) is 18.2 Å². The number of hydrogen-bond acceptors (Lipinski definition) is 4. The van der Waals surface area contributed by atoms with Crippen LogP contribution >= 0.6 is 11.3 Å². The van der Waals surface area contributed by atoms with Crippen LogP contribution in [0.2, 0.25) is 0 Å². The van der Waals surface area contributed by atoms with Crippen LogP contribution in [0, 0.1) is 6.92 Å². The minimum Gasteiger partial charge on any atom is -0.322 e. The highest BCUT2D eigenvalue weighted by Gasteiger charge is 2.15. The molecule has 0 saturated heterocycles. The van der Waals surface area contributed by atoms with Crippen LogP contribution in [0.3, 0.4) is 0 Å². The molecule has 3 N–H and O–H groups in total. The van der Waals surface area contributed by atoms with Crippen molar-refractivity contribution in [2.75, 3.05) is 0 Å². The topological polar surface area (TPSA) is 87.3 Å². The maximum absolute atomic E-state index is 12.3. The van der Waals surface area contributed by atoms with Gasteiger partial charge in [0.1, 0.15) is 5.70 Å². The van der Waals surface area contributed by atoms with E-state index in [1.807, 2.05) is 32.0 Å². The molecule has 1 heterocycles. The van der Waals surface area contributed by atoms with Crippen molar-refractivity contribution >= 4 is 35.1 Å². The molecule has 0 aliphatic rings. The quantitative estimate of drug-likeness (QED) is 0.558. The van der Waals surface area contributed by atoms with Crippen LogP contribution < -0.4 is 16.2 Å². The maximum Gasteiger partial charge on any atom is 0.286 e. The number of hydrazine groups is 1. The molecule has 0 aliphatic carbocycles. The Bertz CT molecular complexity index is 841. The Kier molecular flexibility index (Phi) is 6.68. The second-order valence-corrected chi connectivity index (χ2v) is 6.77. The van der Waals surface area contributed by atoms with Gasteiger partial charge in [0.25, 0.3) is 11.8 Å². The summed E-state index contributed by atoms with van der Waals surface area (Å²) in [6.45, 7) is 5.28. The van der Waals surface area contributed by atoms with Crippen molar-refractivity contribution in [3.05, 3.63) is 63.0 Å². The molecule has 2 aromatic rings. The van der Waals surface area contributed by atoms with Crippen LogP contribution in [-0.4, -0.2) is 17.7 Å². The predicted octanol–water partition coefficient (Wildman–Crippen LogP) is 2.56. The standard InChI is InChI=1S/C19H21N3O3S/c1-4-16-12(2)10-17(26-16)19(25)22-21-18(24)15(20-13(3)23)11-14-8-6-5-7-9-14/h5-11H,4H2,1-3H3,(H,20,23)(H,21,24)(H,22,25)/b15-11-. The van der Waals surface area contributed by atoms with Gasteiger partial charge in [0.2, 0.25) is 5.91 Å². The van der Waals surface area contributed by atoms with Gasteiger partial charge >= 0.3 is 0 Å². The zero-order valence-corrected chi connectivity index (χ0v) is 15.7. The van der Waals surface area contributed by atoms with Gasteiger partial charge < -0.3 is 5.32 Å². The minimum absolute atomic E-state index is 0.0422. The second-order valence-electron chi connectivity index (χ2n) is 5.63. The average Bonchev–Trinajstić information content (AvgIpc) is 3.00. The van der Waals surface area contributed by atoms with Gasteiger partial charge in [-0.3, -0.25) is 25.2 Å². The molecule has 0 unspecified atom stereocenters. The molecule has 2 rings (SSSR count). The van der Waals surface area contributed by atoms with Crippen LogP contribution in [0.4, 0.5) is 0 Å². The highest BCUT2D eigenvalue weighted by molar-refractivity contribution is 7.14. The van der Waals surface area contributed by atoms with Crippen molar-refractivity contribution in [2.45, 2.75) is 27.2 Å². The molecular weight excluding hydrogens is 350 g/mol. The number of rotatable bonds is 5. The summed E-state index contributed by atoms with van der Waals surface area (Å²) in [6.07, 6.45) is 2.38. The zero-order valence-electron chi connectivity index (χ0n) is 14.9. The van der Waals surface area contributed by atoms with Crippen molar-refractivity contribution in [1.29, 1.82) is 0 Å². The molecule has 0 radical (unpaired) electrons. The molecule has 7 heteroatoms. The van der Waals surface area contributed by atoms with Gasteiger partial charge in [0.15, 0.2) is 0 Å². The van der Waals surface area contributed by atoms with Gasteiger partial charge in [-0.1, -0.05) is 37.3 Å². The molecule has 3 amide bonds. The van der Waals surface area contributed by atoms with Crippen molar-refractivity contribution in [1.82, 2.24) is 16.2 Å². The lowest BCUT2D eigenvalue weighted by Gasteiger charge is -2.10. The van der Waals surface area contributed by atoms with E-state index in [-0.39, 0.29) is 11.6 Å². The SMILES string of the molecule is CCc1sc(C(=O)NNC(=O)/C(=C/c2ccccc2)NC(C)=O)cc1C. The lowest BCUT2D eigenvalue weighted by Crippen LogP contribution is -2.44. The van der Waals surface area contributed by atoms with Crippen LogP contribution in [0.5, 0.6) is 0 Å². The molecule has 0 saturated carbocycles. The molecule has 0 bridgehead atoms. The molecule has 6 nitrogen and oxygen atoms in total. The third kappa shape index (κ3) is 5.29. The van der Waals surface area contributed by atoms with Crippen LogP contribution in [0.25, 0.3) is 6.08 Å². The Morgan fingerprint density at radius 3 is 2.38 bits per heavy atom. The first-order valence-corrected chi connectivity index (χ1v) is 8.96. The number of carbonyl (C=O) groups is 3. The second kappa shape index (κ2) is 8.96. The third-order valence-electron chi connectivity index (χ3n) is 3.52. The molecule has 0 fully saturated rings. The minimum atomic E-state index is -0.610. The lowest BCUT2D eigenvalue weighted by atomic mass is 10.2. The van der Waals surface area contributed by atoms with E-state index in [0.29, 0.717) is 4.88 Å². The smallest absolute Gasteiger partial charge is 0.286 e. The summed E-state index contributed by atoms with van der Waals surface area (Å²) in [5.74, 6) is -1.38. The summed E-state index contributed by atoms with van der Waals surface area (Å²) in [7, 11) is 0. The summed E-state index contributed by atoms with van der Waals surface area (Å²) in [4.78, 5) is 37.6. The zero-order chi connectivity index (χ0) is 19.1. The van der Waals surface area contributed by atoms with Gasteiger partial charge in [-0.25, -0.2) is 0 Å². The molecule has 0 atom stereocenters. The third-order valence-corrected chi connectivity index (χ3v) is 4.90. The Hall–Kier alpha value is -2.93. The number of nitrogens with one attached hydrogen (secondary N) is 3. The van der Waals surface area contributed by atoms with Crippen molar-refractivity contribution in [3.8, 4) is 0 Å². The lowest BCUT2D eigenvalue weighted by molar-refractivity contribution is -0.122. The van der Waals surface area contributed by atoms with Crippen LogP contribution in [-0.2, 0) is 16.0 Å². The first-order chi connectivity index (χ1) is 12.4. The van der Waals surface area contributed by atoms with Gasteiger partial charge in [0, 0.05) is 11.8 Å². The largest absolute Gasteiger partial charge is 0.322 e. The van der Waals surface area contributed by atoms with Crippen molar-refractivity contribution in [3.63, 3.8) is 0 Å². The van der Waals surface area contributed by atoms with Crippen molar-refractivity contribution < 1.29 is 14.4 Å². The number of carbonyl (C=O) groups excluding carboxylic acids is 3. The predicted molar refractivity (Wildman–Crippen MR) is 102 cm³/mol. The summed E-state index contributed by atoms with van der Waals surface area (Å²) in [6, 6.07) is 10.9. The summed E-state index contributed by atoms with van der Waals surface area (Å²) in [5.41, 5.74) is 6.57. The monoisotopic (exact) mass is 371 g/mol. The Morgan fingerprint density at radius 2 is 1.81 bits per heavy atom. The maximum atomic E-state index is 12.3. The Morgan fingerprint density at radius 1 is 1.12 bits per heavy atom. The fraction of sp³-hybridized carbons (Fsp3) is 0.211. The summed E-state index contributed by atoms with van der Waals surface area (Å²) in [5, 5.41) is 2.48.